The minimum atomic E-state index is 0.253. The summed E-state index contributed by atoms with van der Waals surface area (Å²) in [6, 6.07) is 19.9. The third-order valence-electron chi connectivity index (χ3n) is 5.23. The molecule has 152 valence electrons. The lowest BCUT2D eigenvalue weighted by atomic mass is 10.1. The van der Waals surface area contributed by atoms with Crippen LogP contribution in [0.25, 0.3) is 27.9 Å². The summed E-state index contributed by atoms with van der Waals surface area (Å²) in [6.45, 7) is 2.09. The standard InChI is InChI=1S/C24H18N4O3/c1-15-25-12-23(31-15)16-5-7-18(8-6-16)26-20-4-2-3-17-13-28(27-24(17)20)19-9-10-21-22(11-19)30-14-29-21/h2-13,26H,14H2,1H3. The molecule has 7 heteroatoms. The monoisotopic (exact) mass is 410 g/mol. The van der Waals surface area contributed by atoms with Gasteiger partial charge in [0.05, 0.1) is 17.6 Å². The van der Waals surface area contributed by atoms with Crippen molar-refractivity contribution in [3.8, 4) is 28.5 Å². The molecule has 5 aromatic rings. The summed E-state index contributed by atoms with van der Waals surface area (Å²) in [6.07, 6.45) is 3.74. The summed E-state index contributed by atoms with van der Waals surface area (Å²) < 4.78 is 18.3. The fraction of sp³-hybridized carbons (Fsp3) is 0.0833. The van der Waals surface area contributed by atoms with E-state index in [9.17, 15) is 0 Å². The number of fused-ring (bicyclic) bond motifs is 2. The maximum absolute atomic E-state index is 5.60. The molecule has 0 saturated heterocycles. The SMILES string of the molecule is Cc1ncc(-c2ccc(Nc3cccc4cn(-c5ccc6c(c5)OCO6)nc34)cc2)o1. The Balaban J connectivity index is 1.31. The number of nitrogens with one attached hydrogen (secondary N) is 1. The smallest absolute Gasteiger partial charge is 0.231 e. The normalized spacial score (nSPS) is 12.4. The highest BCUT2D eigenvalue weighted by Crippen LogP contribution is 2.34. The van der Waals surface area contributed by atoms with E-state index >= 15 is 0 Å². The molecule has 0 saturated carbocycles. The molecule has 6 rings (SSSR count). The lowest BCUT2D eigenvalue weighted by Crippen LogP contribution is -1.95. The van der Waals surface area contributed by atoms with Crippen molar-refractivity contribution in [3.63, 3.8) is 0 Å². The van der Waals surface area contributed by atoms with Gasteiger partial charge in [-0.1, -0.05) is 12.1 Å². The van der Waals surface area contributed by atoms with Gasteiger partial charge in [-0.3, -0.25) is 0 Å². The van der Waals surface area contributed by atoms with Crippen LogP contribution in [0.1, 0.15) is 5.89 Å². The highest BCUT2D eigenvalue weighted by Gasteiger charge is 2.15. The van der Waals surface area contributed by atoms with Gasteiger partial charge in [-0.25, -0.2) is 9.67 Å². The second-order valence-corrected chi connectivity index (χ2v) is 7.30. The van der Waals surface area contributed by atoms with Crippen molar-refractivity contribution >= 4 is 22.3 Å². The second kappa shape index (κ2) is 6.91. The number of oxazole rings is 1. The van der Waals surface area contributed by atoms with E-state index in [2.05, 4.69) is 10.3 Å². The summed E-state index contributed by atoms with van der Waals surface area (Å²) in [5.41, 5.74) is 4.68. The van der Waals surface area contributed by atoms with E-state index < -0.39 is 0 Å². The van der Waals surface area contributed by atoms with Gasteiger partial charge >= 0.3 is 0 Å². The topological polar surface area (TPSA) is 74.3 Å². The third kappa shape index (κ3) is 3.16. The summed E-state index contributed by atoms with van der Waals surface area (Å²) >= 11 is 0. The number of aromatic nitrogens is 3. The Morgan fingerprint density at radius 2 is 1.84 bits per heavy atom. The number of hydrogen-bond donors (Lipinski definition) is 1. The summed E-state index contributed by atoms with van der Waals surface area (Å²) in [5, 5.41) is 9.32. The zero-order chi connectivity index (χ0) is 20.8. The van der Waals surface area contributed by atoms with Gasteiger partial charge in [0.1, 0.15) is 5.52 Å². The van der Waals surface area contributed by atoms with Gasteiger partial charge in [-0.05, 0) is 42.5 Å². The van der Waals surface area contributed by atoms with Gasteiger partial charge in [-0.2, -0.15) is 5.10 Å². The van der Waals surface area contributed by atoms with Gasteiger partial charge < -0.3 is 19.2 Å². The molecule has 0 spiro atoms. The van der Waals surface area contributed by atoms with E-state index in [0.29, 0.717) is 5.89 Å². The molecule has 0 unspecified atom stereocenters. The number of rotatable bonds is 4. The van der Waals surface area contributed by atoms with Crippen molar-refractivity contribution in [2.75, 3.05) is 12.1 Å². The number of hydrogen-bond acceptors (Lipinski definition) is 6. The van der Waals surface area contributed by atoms with Gasteiger partial charge in [0, 0.05) is 35.8 Å². The maximum atomic E-state index is 5.60. The maximum Gasteiger partial charge on any atom is 0.231 e. The van der Waals surface area contributed by atoms with E-state index in [4.69, 9.17) is 19.0 Å². The molecule has 1 aliphatic rings. The molecule has 0 radical (unpaired) electrons. The van der Waals surface area contributed by atoms with Crippen molar-refractivity contribution in [1.29, 1.82) is 0 Å². The minimum absolute atomic E-state index is 0.253. The number of benzene rings is 3. The first kappa shape index (κ1) is 17.6. The Labute approximate surface area is 177 Å². The second-order valence-electron chi connectivity index (χ2n) is 7.30. The van der Waals surface area contributed by atoms with Gasteiger partial charge in [0.15, 0.2) is 23.1 Å². The fourth-order valence-electron chi connectivity index (χ4n) is 3.67. The lowest BCUT2D eigenvalue weighted by molar-refractivity contribution is 0.174. The average Bonchev–Trinajstić information content (AvgIpc) is 3.53. The number of anilines is 2. The van der Waals surface area contributed by atoms with E-state index in [1.807, 2.05) is 78.5 Å². The summed E-state index contributed by atoms with van der Waals surface area (Å²) in [5.74, 6) is 2.90. The Morgan fingerprint density at radius 3 is 2.68 bits per heavy atom. The first-order valence-electron chi connectivity index (χ1n) is 9.91. The van der Waals surface area contributed by atoms with E-state index in [1.54, 1.807) is 6.20 Å². The summed E-state index contributed by atoms with van der Waals surface area (Å²) in [4.78, 5) is 4.16. The van der Waals surface area contributed by atoms with Crippen LogP contribution in [0.4, 0.5) is 11.4 Å². The predicted octanol–water partition coefficient (Wildman–Crippen LogP) is 5.46. The van der Waals surface area contributed by atoms with Crippen molar-refractivity contribution < 1.29 is 13.9 Å². The molecule has 3 aromatic carbocycles. The molecule has 3 heterocycles. The molecule has 0 amide bonds. The van der Waals surface area contributed by atoms with Gasteiger partial charge in [-0.15, -0.1) is 0 Å². The van der Waals surface area contributed by atoms with Crippen molar-refractivity contribution in [3.05, 3.63) is 78.9 Å². The zero-order valence-electron chi connectivity index (χ0n) is 16.7. The highest BCUT2D eigenvalue weighted by molar-refractivity contribution is 5.92. The molecular weight excluding hydrogens is 392 g/mol. The molecule has 1 N–H and O–H groups in total. The van der Waals surface area contributed by atoms with Crippen LogP contribution in [0.5, 0.6) is 11.5 Å². The summed E-state index contributed by atoms with van der Waals surface area (Å²) in [7, 11) is 0. The zero-order valence-corrected chi connectivity index (χ0v) is 16.7. The molecule has 1 aliphatic heterocycles. The number of ether oxygens (including phenoxy) is 2. The van der Waals surface area contributed by atoms with Crippen LogP contribution >= 0.6 is 0 Å². The quantitative estimate of drug-likeness (QED) is 0.424. The molecule has 31 heavy (non-hydrogen) atoms. The van der Waals surface area contributed by atoms with Crippen molar-refractivity contribution in [2.24, 2.45) is 0 Å². The van der Waals surface area contributed by atoms with Crippen LogP contribution in [0.2, 0.25) is 0 Å². The molecule has 0 aliphatic carbocycles. The van der Waals surface area contributed by atoms with E-state index in [1.165, 1.54) is 0 Å². The fourth-order valence-corrected chi connectivity index (χ4v) is 3.67. The number of nitrogens with zero attached hydrogens (tertiary/aromatic N) is 3. The molecule has 2 aromatic heterocycles. The molecule has 0 atom stereocenters. The van der Waals surface area contributed by atoms with Crippen LogP contribution in [-0.4, -0.2) is 21.6 Å². The van der Waals surface area contributed by atoms with Crippen LogP contribution in [0, 0.1) is 6.92 Å². The van der Waals surface area contributed by atoms with Crippen molar-refractivity contribution in [2.45, 2.75) is 6.92 Å². The Kier molecular flexibility index (Phi) is 3.92. The van der Waals surface area contributed by atoms with Gasteiger partial charge in [0.2, 0.25) is 6.79 Å². The Hall–Kier alpha value is -4.26. The minimum Gasteiger partial charge on any atom is -0.454 e. The predicted molar refractivity (Wildman–Crippen MR) is 117 cm³/mol. The molecule has 0 fully saturated rings. The molecular formula is C24H18N4O3. The van der Waals surface area contributed by atoms with Crippen LogP contribution in [0.15, 0.2) is 77.5 Å². The third-order valence-corrected chi connectivity index (χ3v) is 5.23. The first-order chi connectivity index (χ1) is 15.2. The van der Waals surface area contributed by atoms with E-state index in [-0.39, 0.29) is 6.79 Å². The largest absolute Gasteiger partial charge is 0.454 e. The molecule has 0 bridgehead atoms. The van der Waals surface area contributed by atoms with Crippen LogP contribution in [-0.2, 0) is 0 Å². The first-order valence-corrected chi connectivity index (χ1v) is 9.91. The molecule has 7 nitrogen and oxygen atoms in total. The Morgan fingerprint density at radius 1 is 0.968 bits per heavy atom. The van der Waals surface area contributed by atoms with Crippen molar-refractivity contribution in [1.82, 2.24) is 14.8 Å². The van der Waals surface area contributed by atoms with E-state index in [0.717, 1.165) is 50.8 Å². The lowest BCUT2D eigenvalue weighted by Gasteiger charge is -2.07. The van der Waals surface area contributed by atoms with Gasteiger partial charge in [0.25, 0.3) is 0 Å². The van der Waals surface area contributed by atoms with Crippen LogP contribution < -0.4 is 14.8 Å². The average molecular weight is 410 g/mol. The number of aryl methyl sites for hydroxylation is 1. The van der Waals surface area contributed by atoms with Crippen LogP contribution in [0.3, 0.4) is 0 Å². The highest BCUT2D eigenvalue weighted by atomic mass is 16.7. The Bertz CT molecular complexity index is 1400.